The molecule has 0 heterocycles. The van der Waals surface area contributed by atoms with E-state index in [0.29, 0.717) is 5.02 Å². The van der Waals surface area contributed by atoms with Crippen LogP contribution in [-0.4, -0.2) is 26.0 Å². The van der Waals surface area contributed by atoms with Gasteiger partial charge in [-0.05, 0) is 24.6 Å². The summed E-state index contributed by atoms with van der Waals surface area (Å²) in [6.45, 7) is 1.83. The Hall–Kier alpha value is -0.580. The Labute approximate surface area is 95.7 Å². The van der Waals surface area contributed by atoms with Crippen molar-refractivity contribution in [1.82, 2.24) is 4.31 Å². The summed E-state index contributed by atoms with van der Waals surface area (Å²) in [7, 11) is -1.62. The summed E-state index contributed by atoms with van der Waals surface area (Å²) in [5.74, 6) is 0. The van der Waals surface area contributed by atoms with Crippen molar-refractivity contribution in [2.45, 2.75) is 13.0 Å². The number of halogens is 1. The molecule has 0 saturated carbocycles. The Morgan fingerprint density at radius 2 is 2.00 bits per heavy atom. The number of rotatable bonds is 3. The molecular formula is C10H14ClNO2S. The topological polar surface area (TPSA) is 37.4 Å². The summed E-state index contributed by atoms with van der Waals surface area (Å²) < 4.78 is 24.0. The van der Waals surface area contributed by atoms with E-state index in [0.717, 1.165) is 5.56 Å². The molecule has 15 heavy (non-hydrogen) atoms. The van der Waals surface area contributed by atoms with Crippen LogP contribution in [0.5, 0.6) is 0 Å². The lowest BCUT2D eigenvalue weighted by molar-refractivity contribution is 0.402. The molecule has 0 saturated heterocycles. The molecule has 1 unspecified atom stereocenters. The highest BCUT2D eigenvalue weighted by Crippen LogP contribution is 2.23. The van der Waals surface area contributed by atoms with E-state index in [9.17, 15) is 8.42 Å². The fourth-order valence-corrected chi connectivity index (χ4v) is 2.16. The van der Waals surface area contributed by atoms with Crippen LogP contribution in [0.4, 0.5) is 0 Å². The maximum atomic E-state index is 11.3. The molecule has 0 fully saturated rings. The van der Waals surface area contributed by atoms with E-state index in [1.54, 1.807) is 19.2 Å². The first-order valence-electron chi connectivity index (χ1n) is 4.51. The predicted molar refractivity (Wildman–Crippen MR) is 62.5 cm³/mol. The van der Waals surface area contributed by atoms with Gasteiger partial charge in [0.1, 0.15) is 0 Å². The SMILES string of the molecule is CC(c1cccc(Cl)c1)N(C)S(C)(=O)=O. The number of benzene rings is 1. The third-order valence-electron chi connectivity index (χ3n) is 2.40. The highest BCUT2D eigenvalue weighted by Gasteiger charge is 2.19. The van der Waals surface area contributed by atoms with Crippen molar-refractivity contribution in [1.29, 1.82) is 0 Å². The van der Waals surface area contributed by atoms with E-state index < -0.39 is 10.0 Å². The lowest BCUT2D eigenvalue weighted by Crippen LogP contribution is -2.28. The Morgan fingerprint density at radius 1 is 1.40 bits per heavy atom. The van der Waals surface area contributed by atoms with Gasteiger partial charge in [0, 0.05) is 18.1 Å². The molecule has 1 atom stereocenters. The summed E-state index contributed by atoms with van der Waals surface area (Å²) >= 11 is 5.84. The van der Waals surface area contributed by atoms with E-state index >= 15 is 0 Å². The smallest absolute Gasteiger partial charge is 0.211 e. The van der Waals surface area contributed by atoms with Gasteiger partial charge in [-0.15, -0.1) is 0 Å². The lowest BCUT2D eigenvalue weighted by atomic mass is 10.1. The van der Waals surface area contributed by atoms with Crippen molar-refractivity contribution >= 4 is 21.6 Å². The molecule has 1 aromatic carbocycles. The predicted octanol–water partition coefficient (Wildman–Crippen LogP) is 2.29. The monoisotopic (exact) mass is 247 g/mol. The van der Waals surface area contributed by atoms with Gasteiger partial charge in [-0.3, -0.25) is 0 Å². The van der Waals surface area contributed by atoms with Crippen LogP contribution in [0, 0.1) is 0 Å². The zero-order valence-electron chi connectivity index (χ0n) is 8.94. The second-order valence-corrected chi connectivity index (χ2v) is 5.99. The second kappa shape index (κ2) is 4.51. The number of nitrogens with zero attached hydrogens (tertiary/aromatic N) is 1. The molecule has 0 aliphatic heterocycles. The summed E-state index contributed by atoms with van der Waals surface area (Å²) in [5.41, 5.74) is 0.885. The van der Waals surface area contributed by atoms with E-state index in [2.05, 4.69) is 0 Å². The largest absolute Gasteiger partial charge is 0.212 e. The van der Waals surface area contributed by atoms with E-state index in [1.807, 2.05) is 19.1 Å². The quantitative estimate of drug-likeness (QED) is 0.822. The highest BCUT2D eigenvalue weighted by atomic mass is 35.5. The number of sulfonamides is 1. The van der Waals surface area contributed by atoms with Crippen LogP contribution in [0.15, 0.2) is 24.3 Å². The molecule has 0 amide bonds. The van der Waals surface area contributed by atoms with Gasteiger partial charge in [-0.2, -0.15) is 4.31 Å². The van der Waals surface area contributed by atoms with Gasteiger partial charge in [0.15, 0.2) is 0 Å². The average Bonchev–Trinajstić information content (AvgIpc) is 2.14. The molecular weight excluding hydrogens is 234 g/mol. The maximum absolute atomic E-state index is 11.3. The van der Waals surface area contributed by atoms with Crippen molar-refractivity contribution in [2.24, 2.45) is 0 Å². The number of hydrogen-bond acceptors (Lipinski definition) is 2. The van der Waals surface area contributed by atoms with Gasteiger partial charge in [-0.25, -0.2) is 8.42 Å². The first-order valence-corrected chi connectivity index (χ1v) is 6.73. The second-order valence-electron chi connectivity index (χ2n) is 3.51. The fraction of sp³-hybridized carbons (Fsp3) is 0.400. The van der Waals surface area contributed by atoms with Crippen LogP contribution in [0.3, 0.4) is 0 Å². The van der Waals surface area contributed by atoms with Crippen molar-refractivity contribution in [2.75, 3.05) is 13.3 Å². The van der Waals surface area contributed by atoms with Crippen LogP contribution in [0.2, 0.25) is 5.02 Å². The normalized spacial score (nSPS) is 14.2. The molecule has 1 rings (SSSR count). The zero-order valence-corrected chi connectivity index (χ0v) is 10.5. The van der Waals surface area contributed by atoms with Crippen LogP contribution < -0.4 is 0 Å². The molecule has 1 aromatic rings. The fourth-order valence-electron chi connectivity index (χ4n) is 1.26. The molecule has 0 aliphatic carbocycles. The van der Waals surface area contributed by atoms with Crippen molar-refractivity contribution < 1.29 is 8.42 Å². The third-order valence-corrected chi connectivity index (χ3v) is 4.00. The van der Waals surface area contributed by atoms with Crippen molar-refractivity contribution in [3.63, 3.8) is 0 Å². The molecule has 0 spiro atoms. The van der Waals surface area contributed by atoms with E-state index in [1.165, 1.54) is 10.6 Å². The minimum Gasteiger partial charge on any atom is -0.212 e. The summed E-state index contributed by atoms with van der Waals surface area (Å²) in [5, 5.41) is 0.612. The van der Waals surface area contributed by atoms with Crippen LogP contribution >= 0.6 is 11.6 Å². The molecule has 5 heteroatoms. The van der Waals surface area contributed by atoms with E-state index in [-0.39, 0.29) is 6.04 Å². The van der Waals surface area contributed by atoms with Crippen molar-refractivity contribution in [3.8, 4) is 0 Å². The summed E-state index contributed by atoms with van der Waals surface area (Å²) in [6, 6.07) is 6.99. The van der Waals surface area contributed by atoms with Gasteiger partial charge in [0.05, 0.1) is 6.26 Å². The first-order chi connectivity index (χ1) is 6.82. The highest BCUT2D eigenvalue weighted by molar-refractivity contribution is 7.88. The molecule has 3 nitrogen and oxygen atoms in total. The zero-order chi connectivity index (χ0) is 11.6. The Morgan fingerprint density at radius 3 is 2.47 bits per heavy atom. The molecule has 84 valence electrons. The van der Waals surface area contributed by atoms with Crippen LogP contribution in [-0.2, 0) is 10.0 Å². The van der Waals surface area contributed by atoms with Gasteiger partial charge < -0.3 is 0 Å². The summed E-state index contributed by atoms with van der Waals surface area (Å²) in [6.07, 6.45) is 1.19. The lowest BCUT2D eigenvalue weighted by Gasteiger charge is -2.22. The summed E-state index contributed by atoms with van der Waals surface area (Å²) in [4.78, 5) is 0. The molecule has 0 bridgehead atoms. The maximum Gasteiger partial charge on any atom is 0.211 e. The Balaban J connectivity index is 3.00. The van der Waals surface area contributed by atoms with Gasteiger partial charge in [0.2, 0.25) is 10.0 Å². The first kappa shape index (κ1) is 12.5. The van der Waals surface area contributed by atoms with Gasteiger partial charge in [-0.1, -0.05) is 23.7 Å². The van der Waals surface area contributed by atoms with Crippen molar-refractivity contribution in [3.05, 3.63) is 34.9 Å². The molecule has 0 N–H and O–H groups in total. The third kappa shape index (κ3) is 3.19. The minimum atomic E-state index is -3.17. The Kier molecular flexibility index (Phi) is 3.76. The average molecular weight is 248 g/mol. The minimum absolute atomic E-state index is 0.210. The van der Waals surface area contributed by atoms with E-state index in [4.69, 9.17) is 11.6 Å². The van der Waals surface area contributed by atoms with Gasteiger partial charge in [0.25, 0.3) is 0 Å². The molecule has 0 aromatic heterocycles. The van der Waals surface area contributed by atoms with Crippen LogP contribution in [0.25, 0.3) is 0 Å². The van der Waals surface area contributed by atoms with Crippen LogP contribution in [0.1, 0.15) is 18.5 Å². The molecule has 0 radical (unpaired) electrons. The standard InChI is InChI=1S/C10H14ClNO2S/c1-8(12(2)15(3,13)14)9-5-4-6-10(11)7-9/h4-8H,1-3H3. The van der Waals surface area contributed by atoms with Gasteiger partial charge >= 0.3 is 0 Å². The number of hydrogen-bond donors (Lipinski definition) is 0. The molecule has 0 aliphatic rings. The Bertz CT molecular complexity index is 444.